The molecule has 2 heterocycles. The lowest BCUT2D eigenvalue weighted by molar-refractivity contribution is 0.0993. The third-order valence-corrected chi connectivity index (χ3v) is 4.22. The zero-order valence-corrected chi connectivity index (χ0v) is 13.3. The SMILES string of the molecule is CC(C)c1cc(C(N)=O)n(-c2ccc(C[C@@H]3NC[C@@H]3F)cc2)n1. The molecule has 5 nitrogen and oxygen atoms in total. The largest absolute Gasteiger partial charge is 0.364 e. The Labute approximate surface area is 134 Å². The minimum Gasteiger partial charge on any atom is -0.364 e. The fourth-order valence-corrected chi connectivity index (χ4v) is 2.65. The van der Waals surface area contributed by atoms with Gasteiger partial charge in [0.1, 0.15) is 11.9 Å². The minimum atomic E-state index is -0.768. The molecule has 0 radical (unpaired) electrons. The smallest absolute Gasteiger partial charge is 0.267 e. The summed E-state index contributed by atoms with van der Waals surface area (Å²) in [6.45, 7) is 4.47. The number of amides is 1. The molecule has 0 spiro atoms. The van der Waals surface area contributed by atoms with Crippen molar-refractivity contribution in [2.75, 3.05) is 6.54 Å². The molecule has 0 saturated carbocycles. The maximum atomic E-state index is 13.3. The van der Waals surface area contributed by atoms with Crippen molar-refractivity contribution >= 4 is 5.91 Å². The van der Waals surface area contributed by atoms with Crippen LogP contribution in [0, 0.1) is 0 Å². The molecule has 1 fully saturated rings. The van der Waals surface area contributed by atoms with Crippen molar-refractivity contribution in [1.29, 1.82) is 0 Å². The van der Waals surface area contributed by atoms with Gasteiger partial charge in [-0.25, -0.2) is 9.07 Å². The summed E-state index contributed by atoms with van der Waals surface area (Å²) in [6.07, 6.45) is -0.114. The van der Waals surface area contributed by atoms with Crippen LogP contribution in [-0.4, -0.2) is 34.4 Å². The zero-order chi connectivity index (χ0) is 16.6. The monoisotopic (exact) mass is 316 g/mol. The van der Waals surface area contributed by atoms with E-state index in [1.54, 1.807) is 10.7 Å². The molecule has 0 unspecified atom stereocenters. The highest BCUT2D eigenvalue weighted by Gasteiger charge is 2.29. The van der Waals surface area contributed by atoms with E-state index in [2.05, 4.69) is 10.4 Å². The number of nitrogens with one attached hydrogen (secondary N) is 1. The summed E-state index contributed by atoms with van der Waals surface area (Å²) in [5.41, 5.74) is 8.46. The van der Waals surface area contributed by atoms with Gasteiger partial charge in [-0.2, -0.15) is 5.10 Å². The molecule has 3 N–H and O–H groups in total. The van der Waals surface area contributed by atoms with Gasteiger partial charge in [-0.05, 0) is 36.1 Å². The van der Waals surface area contributed by atoms with Gasteiger partial charge in [0.05, 0.1) is 11.4 Å². The number of alkyl halides is 1. The molecule has 0 aliphatic carbocycles. The highest BCUT2D eigenvalue weighted by molar-refractivity contribution is 5.91. The average Bonchev–Trinajstić information content (AvgIpc) is 2.97. The molecule has 122 valence electrons. The summed E-state index contributed by atoms with van der Waals surface area (Å²) in [5, 5.41) is 7.55. The number of rotatable bonds is 5. The van der Waals surface area contributed by atoms with E-state index in [1.807, 2.05) is 38.1 Å². The summed E-state index contributed by atoms with van der Waals surface area (Å²) in [6, 6.07) is 9.26. The van der Waals surface area contributed by atoms with Crippen LogP contribution in [0.1, 0.15) is 41.5 Å². The molecule has 1 saturated heterocycles. The van der Waals surface area contributed by atoms with E-state index in [4.69, 9.17) is 5.73 Å². The standard InChI is InChI=1S/C17H21FN4O/c1-10(2)14-8-16(17(19)23)22(21-14)12-5-3-11(4-6-12)7-15-13(18)9-20-15/h3-6,8,10,13,15,20H,7,9H2,1-2H3,(H2,19,23)/t13-,15-/m0/s1. The molecule has 1 aliphatic heterocycles. The highest BCUT2D eigenvalue weighted by atomic mass is 19.1. The van der Waals surface area contributed by atoms with Gasteiger partial charge < -0.3 is 11.1 Å². The maximum absolute atomic E-state index is 13.3. The van der Waals surface area contributed by atoms with E-state index >= 15 is 0 Å². The molecule has 2 atom stereocenters. The van der Waals surface area contributed by atoms with Crippen molar-refractivity contribution in [2.24, 2.45) is 5.73 Å². The number of hydrogen-bond acceptors (Lipinski definition) is 3. The molecule has 2 aromatic rings. The Hall–Kier alpha value is -2.21. The van der Waals surface area contributed by atoms with Crippen LogP contribution < -0.4 is 11.1 Å². The first-order valence-electron chi connectivity index (χ1n) is 7.82. The lowest BCUT2D eigenvalue weighted by Gasteiger charge is -2.32. The summed E-state index contributed by atoms with van der Waals surface area (Å²) >= 11 is 0. The fraction of sp³-hybridized carbons (Fsp3) is 0.412. The minimum absolute atomic E-state index is 0.0979. The third kappa shape index (κ3) is 3.12. The zero-order valence-electron chi connectivity index (χ0n) is 13.3. The second kappa shape index (κ2) is 6.12. The normalized spacial score (nSPS) is 20.5. The Bertz CT molecular complexity index is 708. The number of nitrogens with two attached hydrogens (primary N) is 1. The van der Waals surface area contributed by atoms with Crippen LogP contribution in [0.2, 0.25) is 0 Å². The molecule has 1 amide bonds. The number of carbonyl (C=O) groups is 1. The van der Waals surface area contributed by atoms with Crippen LogP contribution in [0.4, 0.5) is 4.39 Å². The van der Waals surface area contributed by atoms with Crippen molar-refractivity contribution in [1.82, 2.24) is 15.1 Å². The van der Waals surface area contributed by atoms with Crippen molar-refractivity contribution in [3.8, 4) is 5.69 Å². The van der Waals surface area contributed by atoms with Crippen LogP contribution in [0.5, 0.6) is 0 Å². The number of halogens is 1. The summed E-state index contributed by atoms with van der Waals surface area (Å²) in [7, 11) is 0. The molecule has 0 bridgehead atoms. The molecule has 23 heavy (non-hydrogen) atoms. The van der Waals surface area contributed by atoms with E-state index in [9.17, 15) is 9.18 Å². The molecule has 1 aliphatic rings. The number of aromatic nitrogens is 2. The molecule has 3 rings (SSSR count). The van der Waals surface area contributed by atoms with E-state index in [0.29, 0.717) is 18.7 Å². The van der Waals surface area contributed by atoms with Gasteiger partial charge >= 0.3 is 0 Å². The second-order valence-corrected chi connectivity index (χ2v) is 6.29. The Kier molecular flexibility index (Phi) is 4.17. The first kappa shape index (κ1) is 15.7. The number of primary amides is 1. The van der Waals surface area contributed by atoms with Gasteiger partial charge in [-0.3, -0.25) is 4.79 Å². The molecular formula is C17H21FN4O. The lowest BCUT2D eigenvalue weighted by Crippen LogP contribution is -2.55. The van der Waals surface area contributed by atoms with Gasteiger partial charge in [0.2, 0.25) is 0 Å². The first-order chi connectivity index (χ1) is 11.0. The van der Waals surface area contributed by atoms with Gasteiger partial charge in [-0.15, -0.1) is 0 Å². The summed E-state index contributed by atoms with van der Waals surface area (Å²) < 4.78 is 14.9. The summed E-state index contributed by atoms with van der Waals surface area (Å²) in [5.74, 6) is -0.299. The van der Waals surface area contributed by atoms with Crippen LogP contribution in [-0.2, 0) is 6.42 Å². The molecule has 1 aromatic heterocycles. The Morgan fingerprint density at radius 1 is 1.43 bits per heavy atom. The van der Waals surface area contributed by atoms with E-state index < -0.39 is 12.1 Å². The number of carbonyl (C=O) groups excluding carboxylic acids is 1. The Balaban J connectivity index is 1.85. The maximum Gasteiger partial charge on any atom is 0.267 e. The molecular weight excluding hydrogens is 295 g/mol. The predicted octanol–water partition coefficient (Wildman–Crippen LogP) is 1.95. The van der Waals surface area contributed by atoms with E-state index in [1.165, 1.54) is 0 Å². The van der Waals surface area contributed by atoms with Crippen molar-refractivity contribution in [3.05, 3.63) is 47.3 Å². The van der Waals surface area contributed by atoms with Gasteiger partial charge in [-0.1, -0.05) is 26.0 Å². The molecule has 1 aromatic carbocycles. The Morgan fingerprint density at radius 2 is 2.13 bits per heavy atom. The topological polar surface area (TPSA) is 72.9 Å². The van der Waals surface area contributed by atoms with Crippen molar-refractivity contribution in [3.63, 3.8) is 0 Å². The lowest BCUT2D eigenvalue weighted by atomic mass is 9.96. The van der Waals surface area contributed by atoms with Gasteiger partial charge in [0.25, 0.3) is 5.91 Å². The van der Waals surface area contributed by atoms with Crippen LogP contribution in [0.3, 0.4) is 0 Å². The summed E-state index contributed by atoms with van der Waals surface area (Å²) in [4.78, 5) is 11.6. The average molecular weight is 316 g/mol. The Morgan fingerprint density at radius 3 is 2.61 bits per heavy atom. The number of hydrogen-bond donors (Lipinski definition) is 2. The number of nitrogens with zero attached hydrogens (tertiary/aromatic N) is 2. The van der Waals surface area contributed by atoms with Crippen LogP contribution >= 0.6 is 0 Å². The third-order valence-electron chi connectivity index (χ3n) is 4.22. The predicted molar refractivity (Wildman–Crippen MR) is 86.6 cm³/mol. The molecule has 6 heteroatoms. The van der Waals surface area contributed by atoms with Crippen molar-refractivity contribution < 1.29 is 9.18 Å². The number of benzene rings is 1. The van der Waals surface area contributed by atoms with Gasteiger partial charge in [0, 0.05) is 12.6 Å². The van der Waals surface area contributed by atoms with E-state index in [-0.39, 0.29) is 12.0 Å². The van der Waals surface area contributed by atoms with Gasteiger partial charge in [0.15, 0.2) is 0 Å². The van der Waals surface area contributed by atoms with Crippen molar-refractivity contribution in [2.45, 2.75) is 38.4 Å². The fourth-order valence-electron chi connectivity index (χ4n) is 2.65. The van der Waals surface area contributed by atoms with E-state index in [0.717, 1.165) is 16.9 Å². The van der Waals surface area contributed by atoms with Crippen LogP contribution in [0.25, 0.3) is 5.69 Å². The second-order valence-electron chi connectivity index (χ2n) is 6.29. The van der Waals surface area contributed by atoms with Crippen LogP contribution in [0.15, 0.2) is 30.3 Å². The first-order valence-corrected chi connectivity index (χ1v) is 7.82. The highest BCUT2D eigenvalue weighted by Crippen LogP contribution is 2.20. The quantitative estimate of drug-likeness (QED) is 0.885.